The van der Waals surface area contributed by atoms with Crippen LogP contribution in [0.15, 0.2) is 0 Å². The molecule has 1 saturated heterocycles. The number of aliphatic hydroxyl groups is 3. The number of carbonyl (C=O) groups is 2. The number of carboxylic acid groups (broad SMARTS) is 1. The maximum atomic E-state index is 11.1. The third kappa shape index (κ3) is 3.87. The van der Waals surface area contributed by atoms with Crippen LogP contribution in [0.1, 0.15) is 13.8 Å². The second kappa shape index (κ2) is 6.95. The highest BCUT2D eigenvalue weighted by Gasteiger charge is 2.46. The number of amides is 1. The van der Waals surface area contributed by atoms with Crippen molar-refractivity contribution in [1.82, 2.24) is 5.32 Å². The number of hydrogen-bond acceptors (Lipinski definition) is 8. The van der Waals surface area contributed by atoms with Gasteiger partial charge in [0.15, 0.2) is 6.29 Å². The summed E-state index contributed by atoms with van der Waals surface area (Å²) in [4.78, 5) is 21.8. The number of carbonyl (C=O) groups excluding carboxylic acids is 2. The van der Waals surface area contributed by atoms with Gasteiger partial charge in [-0.15, -0.1) is 0 Å². The molecule has 1 rings (SSSR count). The van der Waals surface area contributed by atoms with E-state index in [2.05, 4.69) is 5.32 Å². The van der Waals surface area contributed by atoms with Crippen molar-refractivity contribution >= 4 is 11.9 Å². The van der Waals surface area contributed by atoms with Crippen molar-refractivity contribution in [2.75, 3.05) is 6.61 Å². The second-order valence-corrected chi connectivity index (χ2v) is 4.53. The lowest BCUT2D eigenvalue weighted by atomic mass is 9.96. The van der Waals surface area contributed by atoms with Gasteiger partial charge in [-0.1, -0.05) is 0 Å². The van der Waals surface area contributed by atoms with Gasteiger partial charge in [-0.05, 0) is 6.92 Å². The summed E-state index contributed by atoms with van der Waals surface area (Å²) in [5, 5.41) is 41.8. The van der Waals surface area contributed by atoms with Crippen molar-refractivity contribution in [1.29, 1.82) is 0 Å². The molecule has 0 radical (unpaired) electrons. The van der Waals surface area contributed by atoms with Gasteiger partial charge in [-0.25, -0.2) is 0 Å². The molecule has 0 aliphatic carbocycles. The summed E-state index contributed by atoms with van der Waals surface area (Å²) in [5.41, 5.74) is 0. The number of aliphatic hydroxyl groups excluding tert-OH is 3. The first-order valence-electron chi connectivity index (χ1n) is 6.03. The normalized spacial score (nSPS) is 35.4. The molecular formula is C11H18NO8-. The van der Waals surface area contributed by atoms with Gasteiger partial charge < -0.3 is 40.0 Å². The third-order valence-corrected chi connectivity index (χ3v) is 2.94. The molecule has 116 valence electrons. The topological polar surface area (TPSA) is 148 Å². The Balaban J connectivity index is 2.92. The Morgan fingerprint density at radius 1 is 1.45 bits per heavy atom. The molecule has 0 saturated carbocycles. The molecule has 0 aromatic heterocycles. The SMILES string of the molecule is CC(=O)N[C@H]1C(O)O[C@H](CO)[C@@H](O)[C@@H]1O[C@H](C)C(=O)[O-]. The Morgan fingerprint density at radius 3 is 2.50 bits per heavy atom. The first-order valence-corrected chi connectivity index (χ1v) is 6.03. The molecule has 1 amide bonds. The monoisotopic (exact) mass is 292 g/mol. The molecule has 9 nitrogen and oxygen atoms in total. The smallest absolute Gasteiger partial charge is 0.217 e. The van der Waals surface area contributed by atoms with E-state index in [0.717, 1.165) is 0 Å². The zero-order valence-corrected chi connectivity index (χ0v) is 11.1. The average Bonchev–Trinajstić information content (AvgIpc) is 2.36. The van der Waals surface area contributed by atoms with Crippen LogP contribution in [-0.4, -0.2) is 70.6 Å². The van der Waals surface area contributed by atoms with Crippen molar-refractivity contribution in [2.45, 2.75) is 50.6 Å². The average molecular weight is 292 g/mol. The maximum Gasteiger partial charge on any atom is 0.217 e. The highest BCUT2D eigenvalue weighted by molar-refractivity contribution is 5.73. The molecule has 20 heavy (non-hydrogen) atoms. The third-order valence-electron chi connectivity index (χ3n) is 2.94. The van der Waals surface area contributed by atoms with E-state index in [-0.39, 0.29) is 0 Å². The molecule has 1 aliphatic rings. The lowest BCUT2D eigenvalue weighted by molar-refractivity contribution is -0.324. The summed E-state index contributed by atoms with van der Waals surface area (Å²) >= 11 is 0. The summed E-state index contributed by atoms with van der Waals surface area (Å²) in [6, 6.07) is -1.17. The van der Waals surface area contributed by atoms with Gasteiger partial charge in [-0.2, -0.15) is 0 Å². The van der Waals surface area contributed by atoms with Crippen LogP contribution in [0.25, 0.3) is 0 Å². The highest BCUT2D eigenvalue weighted by atomic mass is 16.6. The van der Waals surface area contributed by atoms with Crippen LogP contribution in [0.5, 0.6) is 0 Å². The van der Waals surface area contributed by atoms with Gasteiger partial charge in [0.05, 0.1) is 18.7 Å². The molecule has 4 N–H and O–H groups in total. The Hall–Kier alpha value is -1.26. The van der Waals surface area contributed by atoms with E-state index in [1.807, 2.05) is 0 Å². The predicted octanol–water partition coefficient (Wildman–Crippen LogP) is -3.91. The zero-order chi connectivity index (χ0) is 15.4. The van der Waals surface area contributed by atoms with Crippen molar-refractivity contribution in [2.24, 2.45) is 0 Å². The minimum atomic E-state index is -1.56. The quantitative estimate of drug-likeness (QED) is 0.401. The van der Waals surface area contributed by atoms with E-state index in [9.17, 15) is 24.9 Å². The van der Waals surface area contributed by atoms with Crippen LogP contribution in [0, 0.1) is 0 Å². The number of aliphatic carboxylic acids is 1. The Morgan fingerprint density at radius 2 is 2.05 bits per heavy atom. The Bertz CT molecular complexity index is 362. The second-order valence-electron chi connectivity index (χ2n) is 4.53. The molecule has 0 bridgehead atoms. The van der Waals surface area contributed by atoms with Crippen LogP contribution in [0.3, 0.4) is 0 Å². The number of hydrogen-bond donors (Lipinski definition) is 4. The van der Waals surface area contributed by atoms with Gasteiger partial charge in [0.1, 0.15) is 24.4 Å². The summed E-state index contributed by atoms with van der Waals surface area (Å²) < 4.78 is 10.0. The predicted molar refractivity (Wildman–Crippen MR) is 60.9 cm³/mol. The maximum absolute atomic E-state index is 11.1. The van der Waals surface area contributed by atoms with Crippen LogP contribution in [0.4, 0.5) is 0 Å². The molecule has 0 aromatic rings. The fourth-order valence-electron chi connectivity index (χ4n) is 1.93. The Labute approximate surface area is 115 Å². The number of ether oxygens (including phenoxy) is 2. The van der Waals surface area contributed by atoms with E-state index in [0.29, 0.717) is 0 Å². The largest absolute Gasteiger partial charge is 0.547 e. The number of nitrogens with one attached hydrogen (secondary N) is 1. The van der Waals surface area contributed by atoms with Crippen molar-refractivity contribution < 1.29 is 39.5 Å². The van der Waals surface area contributed by atoms with E-state index >= 15 is 0 Å². The number of carboxylic acids is 1. The lowest BCUT2D eigenvalue weighted by Crippen LogP contribution is -2.65. The summed E-state index contributed by atoms with van der Waals surface area (Å²) in [6.07, 6.45) is -6.79. The van der Waals surface area contributed by atoms with E-state index < -0.39 is 55.2 Å². The molecule has 1 unspecified atom stereocenters. The van der Waals surface area contributed by atoms with Crippen molar-refractivity contribution in [3.63, 3.8) is 0 Å². The van der Waals surface area contributed by atoms with E-state index in [1.54, 1.807) is 0 Å². The van der Waals surface area contributed by atoms with Gasteiger partial charge in [0, 0.05) is 6.92 Å². The molecule has 0 aromatic carbocycles. The van der Waals surface area contributed by atoms with Gasteiger partial charge in [0.25, 0.3) is 0 Å². The van der Waals surface area contributed by atoms with Crippen LogP contribution in [0.2, 0.25) is 0 Å². The summed E-state index contributed by atoms with van der Waals surface area (Å²) in [5.74, 6) is -2.04. The van der Waals surface area contributed by atoms with Gasteiger partial charge in [0.2, 0.25) is 5.91 Å². The lowest BCUT2D eigenvalue weighted by Gasteiger charge is -2.43. The van der Waals surface area contributed by atoms with E-state index in [4.69, 9.17) is 14.6 Å². The van der Waals surface area contributed by atoms with Crippen LogP contribution < -0.4 is 10.4 Å². The standard InChI is InChI=1S/C11H19NO8/c1-4(10(16)17)19-9-7(12-5(2)14)11(18)20-6(3-13)8(9)15/h4,6-9,11,13,15,18H,3H2,1-2H3,(H,12,14)(H,16,17)/p-1/t4-,6-,7-,8-,9-,11?/m1/s1. The number of rotatable bonds is 5. The minimum absolute atomic E-state index is 0.526. The molecular weight excluding hydrogens is 274 g/mol. The summed E-state index contributed by atoms with van der Waals surface area (Å²) in [7, 11) is 0. The van der Waals surface area contributed by atoms with Crippen molar-refractivity contribution in [3.8, 4) is 0 Å². The van der Waals surface area contributed by atoms with Gasteiger partial charge >= 0.3 is 0 Å². The molecule has 1 aliphatic heterocycles. The fraction of sp³-hybridized carbons (Fsp3) is 0.818. The Kier molecular flexibility index (Phi) is 5.84. The molecule has 0 spiro atoms. The first-order chi connectivity index (χ1) is 9.27. The first kappa shape index (κ1) is 16.8. The van der Waals surface area contributed by atoms with Crippen molar-refractivity contribution in [3.05, 3.63) is 0 Å². The molecule has 9 heteroatoms. The fourth-order valence-corrected chi connectivity index (χ4v) is 1.93. The minimum Gasteiger partial charge on any atom is -0.547 e. The molecule has 1 fully saturated rings. The van der Waals surface area contributed by atoms with Crippen LogP contribution in [-0.2, 0) is 19.1 Å². The van der Waals surface area contributed by atoms with Crippen LogP contribution >= 0.6 is 0 Å². The molecule has 6 atom stereocenters. The summed E-state index contributed by atoms with van der Waals surface area (Å²) in [6.45, 7) is 1.75. The molecule has 1 heterocycles. The highest BCUT2D eigenvalue weighted by Crippen LogP contribution is 2.23. The van der Waals surface area contributed by atoms with E-state index in [1.165, 1.54) is 13.8 Å². The zero-order valence-electron chi connectivity index (χ0n) is 11.1. The van der Waals surface area contributed by atoms with Gasteiger partial charge in [-0.3, -0.25) is 4.79 Å².